The second kappa shape index (κ2) is 6.21. The maximum Gasteiger partial charge on any atom is 0.293 e. The summed E-state index contributed by atoms with van der Waals surface area (Å²) in [7, 11) is 1.54. The molecule has 0 aliphatic heterocycles. The van der Waals surface area contributed by atoms with Crippen molar-refractivity contribution in [3.63, 3.8) is 0 Å². The van der Waals surface area contributed by atoms with Crippen LogP contribution in [0.5, 0.6) is 5.88 Å². The Labute approximate surface area is 120 Å². The summed E-state index contributed by atoms with van der Waals surface area (Å²) >= 11 is 5.98. The summed E-state index contributed by atoms with van der Waals surface area (Å²) in [5.74, 6) is 0.512. The first-order chi connectivity index (χ1) is 9.61. The molecule has 0 spiro atoms. The van der Waals surface area contributed by atoms with E-state index in [1.165, 1.54) is 13.2 Å². The molecule has 6 nitrogen and oxygen atoms in total. The number of rotatable bonds is 5. The van der Waals surface area contributed by atoms with Gasteiger partial charge in [-0.2, -0.15) is 0 Å². The third-order valence-corrected chi connectivity index (χ3v) is 2.98. The highest BCUT2D eigenvalue weighted by Crippen LogP contribution is 2.32. The third kappa shape index (κ3) is 3.16. The van der Waals surface area contributed by atoms with Crippen LogP contribution in [0.2, 0.25) is 5.02 Å². The third-order valence-electron chi connectivity index (χ3n) is 2.66. The molecule has 0 aliphatic carbocycles. The number of hydrogen-bond donors (Lipinski definition) is 1. The van der Waals surface area contributed by atoms with Crippen molar-refractivity contribution in [1.82, 2.24) is 4.98 Å². The number of nitrogens with one attached hydrogen (secondary N) is 1. The van der Waals surface area contributed by atoms with E-state index in [0.717, 1.165) is 5.56 Å². The molecule has 0 bridgehead atoms. The van der Waals surface area contributed by atoms with Gasteiger partial charge in [0.2, 0.25) is 5.88 Å². The van der Waals surface area contributed by atoms with E-state index in [2.05, 4.69) is 10.3 Å². The molecule has 0 atom stereocenters. The Morgan fingerprint density at radius 2 is 2.20 bits per heavy atom. The molecule has 1 aromatic heterocycles. The highest BCUT2D eigenvalue weighted by Gasteiger charge is 2.16. The molecule has 0 fully saturated rings. The Balaban J connectivity index is 2.16. The van der Waals surface area contributed by atoms with Crippen LogP contribution in [0.1, 0.15) is 5.56 Å². The second-order valence-corrected chi connectivity index (χ2v) is 4.36. The molecule has 0 radical (unpaired) electrons. The van der Waals surface area contributed by atoms with E-state index in [0.29, 0.717) is 23.1 Å². The number of ether oxygens (including phenoxy) is 1. The van der Waals surface area contributed by atoms with Crippen LogP contribution < -0.4 is 10.1 Å². The normalized spacial score (nSPS) is 10.1. The zero-order chi connectivity index (χ0) is 14.5. The molecule has 1 heterocycles. The first kappa shape index (κ1) is 14.1. The number of para-hydroxylation sites is 1. The number of benzene rings is 1. The summed E-state index contributed by atoms with van der Waals surface area (Å²) in [5, 5.41) is 14.2. The van der Waals surface area contributed by atoms with Gasteiger partial charge in [0.1, 0.15) is 5.69 Å². The molecule has 20 heavy (non-hydrogen) atoms. The Morgan fingerprint density at radius 1 is 1.40 bits per heavy atom. The van der Waals surface area contributed by atoms with Gasteiger partial charge in [0.25, 0.3) is 5.69 Å². The van der Waals surface area contributed by atoms with Crippen LogP contribution in [0.25, 0.3) is 0 Å². The van der Waals surface area contributed by atoms with Crippen LogP contribution >= 0.6 is 11.6 Å². The minimum absolute atomic E-state index is 0.0565. The summed E-state index contributed by atoms with van der Waals surface area (Å²) in [5.41, 5.74) is 1.11. The van der Waals surface area contributed by atoms with Crippen molar-refractivity contribution in [1.29, 1.82) is 0 Å². The van der Waals surface area contributed by atoms with Crippen molar-refractivity contribution >= 4 is 23.0 Å². The Bertz CT molecular complexity index is 617. The molecule has 104 valence electrons. The molecule has 0 aliphatic rings. The van der Waals surface area contributed by atoms with Crippen molar-refractivity contribution < 1.29 is 9.66 Å². The fourth-order valence-electron chi connectivity index (χ4n) is 1.67. The van der Waals surface area contributed by atoms with E-state index < -0.39 is 4.92 Å². The molecular weight excluding hydrogens is 282 g/mol. The zero-order valence-electron chi connectivity index (χ0n) is 10.7. The lowest BCUT2D eigenvalue weighted by atomic mass is 10.2. The van der Waals surface area contributed by atoms with Gasteiger partial charge in [0.05, 0.1) is 17.1 Å². The number of nitro benzene ring substituents is 1. The number of aromatic nitrogens is 1. The lowest BCUT2D eigenvalue weighted by Gasteiger charge is -2.09. The van der Waals surface area contributed by atoms with Gasteiger partial charge < -0.3 is 10.1 Å². The summed E-state index contributed by atoms with van der Waals surface area (Å²) in [4.78, 5) is 14.5. The quantitative estimate of drug-likeness (QED) is 0.676. The topological polar surface area (TPSA) is 77.3 Å². The molecule has 7 heteroatoms. The monoisotopic (exact) mass is 293 g/mol. The molecule has 0 saturated heterocycles. The first-order valence-corrected chi connectivity index (χ1v) is 6.15. The van der Waals surface area contributed by atoms with E-state index >= 15 is 0 Å². The van der Waals surface area contributed by atoms with Crippen LogP contribution in [0.4, 0.5) is 11.4 Å². The molecule has 1 N–H and O–H groups in total. The lowest BCUT2D eigenvalue weighted by Crippen LogP contribution is -2.03. The number of nitrogens with zero attached hydrogens (tertiary/aromatic N) is 2. The van der Waals surface area contributed by atoms with Crippen LogP contribution in [-0.4, -0.2) is 17.0 Å². The minimum atomic E-state index is -0.472. The molecular formula is C13H12ClN3O3. The Hall–Kier alpha value is -2.34. The maximum absolute atomic E-state index is 10.9. The number of anilines is 1. The predicted molar refractivity (Wildman–Crippen MR) is 76.2 cm³/mol. The highest BCUT2D eigenvalue weighted by atomic mass is 35.5. The largest absolute Gasteiger partial charge is 0.481 e. The fraction of sp³-hybridized carbons (Fsp3) is 0.154. The minimum Gasteiger partial charge on any atom is -0.481 e. The van der Waals surface area contributed by atoms with Crippen LogP contribution in [0, 0.1) is 10.1 Å². The maximum atomic E-state index is 10.9. The number of halogens is 1. The average Bonchev–Trinajstić information content (AvgIpc) is 2.46. The molecule has 2 aromatic rings. The second-order valence-electron chi connectivity index (χ2n) is 3.95. The van der Waals surface area contributed by atoms with Crippen LogP contribution in [0.15, 0.2) is 36.5 Å². The van der Waals surface area contributed by atoms with E-state index in [9.17, 15) is 10.1 Å². The van der Waals surface area contributed by atoms with E-state index in [-0.39, 0.29) is 5.69 Å². The highest BCUT2D eigenvalue weighted by molar-refractivity contribution is 6.33. The molecule has 1 aromatic carbocycles. The fourth-order valence-corrected chi connectivity index (χ4v) is 1.90. The molecule has 0 unspecified atom stereocenters. The smallest absolute Gasteiger partial charge is 0.293 e. The Kier molecular flexibility index (Phi) is 4.37. The number of nitro groups is 1. The van der Waals surface area contributed by atoms with Gasteiger partial charge in [-0.25, -0.2) is 4.98 Å². The van der Waals surface area contributed by atoms with E-state index in [1.807, 2.05) is 6.07 Å². The van der Waals surface area contributed by atoms with Crippen LogP contribution in [0.3, 0.4) is 0 Å². The number of pyridine rings is 1. The zero-order valence-corrected chi connectivity index (χ0v) is 11.4. The summed E-state index contributed by atoms with van der Waals surface area (Å²) in [6.45, 7) is 0.377. The number of methoxy groups -OCH3 is 1. The molecule has 0 saturated carbocycles. The van der Waals surface area contributed by atoms with Crippen molar-refractivity contribution in [2.45, 2.75) is 6.54 Å². The van der Waals surface area contributed by atoms with E-state index in [1.54, 1.807) is 24.4 Å². The van der Waals surface area contributed by atoms with Gasteiger partial charge in [-0.05, 0) is 11.6 Å². The van der Waals surface area contributed by atoms with Gasteiger partial charge in [-0.3, -0.25) is 10.1 Å². The SMILES string of the molecule is COc1ccc(CNc2c(Cl)cccc2[N+](=O)[O-])cn1. The van der Waals surface area contributed by atoms with Crippen molar-refractivity contribution in [3.05, 3.63) is 57.2 Å². The van der Waals surface area contributed by atoms with Gasteiger partial charge >= 0.3 is 0 Å². The van der Waals surface area contributed by atoms with Crippen molar-refractivity contribution in [3.8, 4) is 5.88 Å². The standard InChI is InChI=1S/C13H12ClN3O3/c1-20-12-6-5-9(7-15-12)8-16-13-10(14)3-2-4-11(13)17(18)19/h2-7,16H,8H2,1H3. The van der Waals surface area contributed by atoms with Gasteiger partial charge in [0, 0.05) is 24.9 Å². The predicted octanol–water partition coefficient (Wildman–Crippen LogP) is 3.26. The van der Waals surface area contributed by atoms with Crippen molar-refractivity contribution in [2.24, 2.45) is 0 Å². The van der Waals surface area contributed by atoms with Gasteiger partial charge in [-0.1, -0.05) is 23.7 Å². The average molecular weight is 294 g/mol. The lowest BCUT2D eigenvalue weighted by molar-refractivity contribution is -0.383. The Morgan fingerprint density at radius 3 is 2.80 bits per heavy atom. The summed E-state index contributed by atoms with van der Waals surface area (Å²) < 4.78 is 4.96. The van der Waals surface area contributed by atoms with Crippen LogP contribution in [-0.2, 0) is 6.54 Å². The van der Waals surface area contributed by atoms with E-state index in [4.69, 9.17) is 16.3 Å². The summed E-state index contributed by atoms with van der Waals surface area (Å²) in [6.07, 6.45) is 1.63. The van der Waals surface area contributed by atoms with Gasteiger partial charge in [-0.15, -0.1) is 0 Å². The summed E-state index contributed by atoms with van der Waals surface area (Å²) in [6, 6.07) is 8.09. The van der Waals surface area contributed by atoms with Crippen molar-refractivity contribution in [2.75, 3.05) is 12.4 Å². The first-order valence-electron chi connectivity index (χ1n) is 5.77. The molecule has 0 amide bonds. The number of hydrogen-bond acceptors (Lipinski definition) is 5. The van der Waals surface area contributed by atoms with Gasteiger partial charge in [0.15, 0.2) is 0 Å². The molecule has 2 rings (SSSR count).